The second-order valence-corrected chi connectivity index (χ2v) is 7.05. The third kappa shape index (κ3) is 4.22. The van der Waals surface area contributed by atoms with E-state index in [1.807, 2.05) is 12.1 Å². The summed E-state index contributed by atoms with van der Waals surface area (Å²) < 4.78 is 5.41. The number of rotatable bonds is 6. The van der Waals surface area contributed by atoms with Gasteiger partial charge in [0.2, 0.25) is 5.28 Å². The van der Waals surface area contributed by atoms with Gasteiger partial charge in [-0.25, -0.2) is 9.97 Å². The molecule has 1 atom stereocenters. The van der Waals surface area contributed by atoms with E-state index in [1.165, 1.54) is 11.8 Å². The van der Waals surface area contributed by atoms with Crippen LogP contribution in [0.2, 0.25) is 5.28 Å². The molecule has 0 aliphatic carbocycles. The quantitative estimate of drug-likeness (QED) is 0.559. The lowest BCUT2D eigenvalue weighted by Crippen LogP contribution is -2.29. The lowest BCUT2D eigenvalue weighted by atomic mass is 9.96. The Hall–Kier alpha value is -1.98. The Labute approximate surface area is 159 Å². The van der Waals surface area contributed by atoms with Crippen molar-refractivity contribution < 1.29 is 4.74 Å². The summed E-state index contributed by atoms with van der Waals surface area (Å²) in [6, 6.07) is 8.61. The highest BCUT2D eigenvalue weighted by atomic mass is 35.5. The van der Waals surface area contributed by atoms with Crippen LogP contribution >= 0.6 is 11.6 Å². The topological polar surface area (TPSA) is 70.9 Å². The number of nitrogens with one attached hydrogen (secondary N) is 2. The largest absolute Gasteiger partial charge is 0.381 e. The van der Waals surface area contributed by atoms with Crippen molar-refractivity contribution in [3.8, 4) is 11.3 Å². The van der Waals surface area contributed by atoms with Gasteiger partial charge in [-0.05, 0) is 42.3 Å². The van der Waals surface area contributed by atoms with E-state index in [-0.39, 0.29) is 11.3 Å². The fourth-order valence-corrected chi connectivity index (χ4v) is 3.32. The number of aromatic nitrogens is 2. The first kappa shape index (κ1) is 18.8. The average molecular weight is 373 g/mol. The predicted molar refractivity (Wildman–Crippen MR) is 107 cm³/mol. The highest BCUT2D eigenvalue weighted by Crippen LogP contribution is 2.29. The molecule has 1 aromatic carbocycles. The van der Waals surface area contributed by atoms with Crippen molar-refractivity contribution in [2.45, 2.75) is 45.1 Å². The Balaban J connectivity index is 1.94. The molecule has 1 aliphatic rings. The molecule has 26 heavy (non-hydrogen) atoms. The van der Waals surface area contributed by atoms with E-state index in [2.05, 4.69) is 41.3 Å². The smallest absolute Gasteiger partial charge is 0.224 e. The van der Waals surface area contributed by atoms with Gasteiger partial charge >= 0.3 is 0 Å². The van der Waals surface area contributed by atoms with Gasteiger partial charge in [-0.1, -0.05) is 38.1 Å². The molecule has 6 heteroatoms. The van der Waals surface area contributed by atoms with Gasteiger partial charge in [-0.15, -0.1) is 0 Å². The summed E-state index contributed by atoms with van der Waals surface area (Å²) in [4.78, 5) is 8.74. The molecule has 1 aliphatic heterocycles. The lowest BCUT2D eigenvalue weighted by molar-refractivity contribution is 0.0904. The van der Waals surface area contributed by atoms with E-state index >= 15 is 0 Å². The van der Waals surface area contributed by atoms with E-state index in [4.69, 9.17) is 21.7 Å². The molecule has 138 valence electrons. The fraction of sp³-hybridized carbons (Fsp3) is 0.450. The normalized spacial score (nSPS) is 16.3. The van der Waals surface area contributed by atoms with Crippen LogP contribution < -0.4 is 5.32 Å². The number of hydrogen-bond donors (Lipinski definition) is 2. The average Bonchev–Trinajstić information content (AvgIpc) is 2.68. The Morgan fingerprint density at radius 2 is 1.96 bits per heavy atom. The van der Waals surface area contributed by atoms with Crippen molar-refractivity contribution in [3.05, 3.63) is 40.7 Å². The first-order chi connectivity index (χ1) is 12.6. The molecule has 1 saturated heterocycles. The van der Waals surface area contributed by atoms with Crippen LogP contribution in [0.25, 0.3) is 11.3 Å². The molecule has 1 unspecified atom stereocenters. The monoisotopic (exact) mass is 372 g/mol. The second kappa shape index (κ2) is 8.60. The Morgan fingerprint density at radius 1 is 1.27 bits per heavy atom. The minimum Gasteiger partial charge on any atom is -0.381 e. The summed E-state index contributed by atoms with van der Waals surface area (Å²) >= 11 is 6.19. The molecule has 2 aromatic rings. The number of nitrogens with zero attached hydrogens (tertiary/aromatic N) is 2. The summed E-state index contributed by atoms with van der Waals surface area (Å²) in [5, 5.41) is 11.5. The third-order valence-electron chi connectivity index (χ3n) is 4.99. The van der Waals surface area contributed by atoms with Crippen molar-refractivity contribution in [1.29, 1.82) is 5.41 Å². The Morgan fingerprint density at radius 3 is 2.58 bits per heavy atom. The summed E-state index contributed by atoms with van der Waals surface area (Å²) in [6.07, 6.45) is 4.23. The minimum absolute atomic E-state index is 0.186. The van der Waals surface area contributed by atoms with Crippen LogP contribution in [0.4, 0.5) is 5.82 Å². The molecule has 1 aromatic heterocycles. The maximum absolute atomic E-state index is 7.89. The predicted octanol–water partition coefficient (Wildman–Crippen LogP) is 4.90. The van der Waals surface area contributed by atoms with Crippen LogP contribution in [0.3, 0.4) is 0 Å². The van der Waals surface area contributed by atoms with Crippen LogP contribution in [-0.4, -0.2) is 35.4 Å². The molecular formula is C20H25ClN4O. The zero-order valence-corrected chi connectivity index (χ0v) is 16.0. The van der Waals surface area contributed by atoms with Crippen LogP contribution in [0.1, 0.15) is 50.2 Å². The van der Waals surface area contributed by atoms with Crippen LogP contribution in [0, 0.1) is 5.41 Å². The third-order valence-corrected chi connectivity index (χ3v) is 5.16. The van der Waals surface area contributed by atoms with E-state index in [9.17, 15) is 0 Å². The highest BCUT2D eigenvalue weighted by Gasteiger charge is 2.19. The van der Waals surface area contributed by atoms with Crippen molar-refractivity contribution >= 4 is 23.6 Å². The molecular weight excluding hydrogens is 348 g/mol. The summed E-state index contributed by atoms with van der Waals surface area (Å²) in [7, 11) is 0. The van der Waals surface area contributed by atoms with Gasteiger partial charge < -0.3 is 15.5 Å². The molecule has 0 amide bonds. The molecule has 0 bridgehead atoms. The number of halogens is 1. The van der Waals surface area contributed by atoms with E-state index in [0.29, 0.717) is 23.0 Å². The van der Waals surface area contributed by atoms with Gasteiger partial charge in [0.1, 0.15) is 5.82 Å². The zero-order chi connectivity index (χ0) is 18.5. The Bertz CT molecular complexity index is 757. The maximum Gasteiger partial charge on any atom is 0.224 e. The molecule has 0 radical (unpaired) electrons. The van der Waals surface area contributed by atoms with Crippen LogP contribution in [0.15, 0.2) is 24.3 Å². The number of ether oxygens (including phenoxy) is 1. The molecule has 0 spiro atoms. The Kier molecular flexibility index (Phi) is 6.22. The molecule has 5 nitrogen and oxygen atoms in total. The minimum atomic E-state index is 0.186. The number of anilines is 1. The van der Waals surface area contributed by atoms with Gasteiger partial charge in [-0.3, -0.25) is 0 Å². The summed E-state index contributed by atoms with van der Waals surface area (Å²) in [5.74, 6) is 1.14. The van der Waals surface area contributed by atoms with Gasteiger partial charge in [-0.2, -0.15) is 0 Å². The lowest BCUT2D eigenvalue weighted by Gasteiger charge is -2.24. The van der Waals surface area contributed by atoms with Crippen LogP contribution in [-0.2, 0) is 4.74 Å². The van der Waals surface area contributed by atoms with Gasteiger partial charge in [0, 0.05) is 31.0 Å². The maximum atomic E-state index is 7.89. The summed E-state index contributed by atoms with van der Waals surface area (Å²) in [6.45, 7) is 5.88. The molecule has 1 fully saturated rings. The van der Waals surface area contributed by atoms with Crippen molar-refractivity contribution in [2.75, 3.05) is 18.5 Å². The second-order valence-electron chi connectivity index (χ2n) is 6.71. The van der Waals surface area contributed by atoms with Gasteiger partial charge in [0.05, 0.1) is 11.3 Å². The van der Waals surface area contributed by atoms with Crippen molar-refractivity contribution in [2.24, 2.45) is 0 Å². The molecule has 0 saturated carbocycles. The number of benzene rings is 1. The fourth-order valence-electron chi connectivity index (χ4n) is 3.15. The molecule has 2 N–H and O–H groups in total. The van der Waals surface area contributed by atoms with Gasteiger partial charge in [0.15, 0.2) is 0 Å². The first-order valence-electron chi connectivity index (χ1n) is 9.15. The summed E-state index contributed by atoms with van der Waals surface area (Å²) in [5.41, 5.74) is 3.59. The van der Waals surface area contributed by atoms with E-state index in [1.54, 1.807) is 0 Å². The number of hydrogen-bond acceptors (Lipinski definition) is 5. The van der Waals surface area contributed by atoms with E-state index in [0.717, 1.165) is 38.0 Å². The SMILES string of the molecule is CCC(C)c1ccc(-c2nc(Cl)nc(NC3CCOCC3)c2C=N)cc1. The standard InChI is InChI=1S/C20H25ClN4O/c1-3-13(2)14-4-6-15(7-5-14)18-17(12-22)19(25-20(21)24-18)23-16-8-10-26-11-9-16/h4-7,12-13,16,22H,3,8-11H2,1-2H3,(H,23,24,25). The first-order valence-corrected chi connectivity index (χ1v) is 9.52. The zero-order valence-electron chi connectivity index (χ0n) is 15.3. The van der Waals surface area contributed by atoms with E-state index < -0.39 is 0 Å². The van der Waals surface area contributed by atoms with Crippen LogP contribution in [0.5, 0.6) is 0 Å². The van der Waals surface area contributed by atoms with Crippen molar-refractivity contribution in [1.82, 2.24) is 9.97 Å². The highest BCUT2D eigenvalue weighted by molar-refractivity contribution is 6.28. The van der Waals surface area contributed by atoms with Gasteiger partial charge in [0.25, 0.3) is 0 Å². The molecule has 3 rings (SSSR count). The molecule has 2 heterocycles. The van der Waals surface area contributed by atoms with Crippen molar-refractivity contribution in [3.63, 3.8) is 0 Å².